The molecule has 0 saturated heterocycles. The average Bonchev–Trinajstić information content (AvgIpc) is 2.73. The summed E-state index contributed by atoms with van der Waals surface area (Å²) in [6, 6.07) is 13.3. The number of carbonyl (C=O) groups is 3. The zero-order valence-corrected chi connectivity index (χ0v) is 18.9. The van der Waals surface area contributed by atoms with Crippen molar-refractivity contribution in [1.82, 2.24) is 4.90 Å². The van der Waals surface area contributed by atoms with Crippen LogP contribution >= 0.6 is 35.0 Å². The molecular formula is C21H19Cl2N3O4S. The summed E-state index contributed by atoms with van der Waals surface area (Å²) in [5.41, 5.74) is 0.716. The van der Waals surface area contributed by atoms with E-state index in [-0.39, 0.29) is 30.2 Å². The van der Waals surface area contributed by atoms with E-state index in [1.165, 1.54) is 11.9 Å². The van der Waals surface area contributed by atoms with E-state index in [1.807, 2.05) is 6.07 Å². The standard InChI is InChI=1S/C21H19Cl2N3O4S/c1-26(8-4-7-24)20(28)12-30-21(29)17-5-2-3-6-18(17)31-13-19(27)25-16-10-14(22)9-15(23)11-16/h2-3,5-6,9-11H,4,8,12-13H2,1H3,(H,25,27). The van der Waals surface area contributed by atoms with Gasteiger partial charge < -0.3 is 15.0 Å². The summed E-state index contributed by atoms with van der Waals surface area (Å²) in [5.74, 6) is -1.36. The topological polar surface area (TPSA) is 99.5 Å². The third-order valence-corrected chi connectivity index (χ3v) is 5.43. The molecule has 0 unspecified atom stereocenters. The Hall–Kier alpha value is -2.73. The molecule has 0 bridgehead atoms. The smallest absolute Gasteiger partial charge is 0.339 e. The van der Waals surface area contributed by atoms with Crippen molar-refractivity contribution in [2.75, 3.05) is 31.3 Å². The fourth-order valence-electron chi connectivity index (χ4n) is 2.39. The molecule has 2 amide bonds. The highest BCUT2D eigenvalue weighted by molar-refractivity contribution is 8.00. The lowest BCUT2D eigenvalue weighted by molar-refractivity contribution is -0.133. The maximum atomic E-state index is 12.4. The quantitative estimate of drug-likeness (QED) is 0.426. The predicted octanol–water partition coefficient (Wildman–Crippen LogP) is 4.25. The normalized spacial score (nSPS) is 10.1. The molecule has 2 aromatic rings. The number of amides is 2. The van der Waals surface area contributed by atoms with E-state index in [9.17, 15) is 14.4 Å². The number of anilines is 1. The molecule has 0 aromatic heterocycles. The second kappa shape index (κ2) is 12.2. The largest absolute Gasteiger partial charge is 0.452 e. The van der Waals surface area contributed by atoms with Gasteiger partial charge in [-0.3, -0.25) is 9.59 Å². The molecule has 2 rings (SSSR count). The Morgan fingerprint density at radius 3 is 2.52 bits per heavy atom. The third-order valence-electron chi connectivity index (χ3n) is 3.92. The number of esters is 1. The molecule has 0 aliphatic heterocycles. The van der Waals surface area contributed by atoms with Crippen LogP contribution in [-0.4, -0.2) is 48.6 Å². The van der Waals surface area contributed by atoms with Gasteiger partial charge in [0.05, 0.1) is 23.8 Å². The monoisotopic (exact) mass is 479 g/mol. The van der Waals surface area contributed by atoms with Gasteiger partial charge in [0, 0.05) is 34.2 Å². The van der Waals surface area contributed by atoms with Gasteiger partial charge in [0.2, 0.25) is 5.91 Å². The van der Waals surface area contributed by atoms with Gasteiger partial charge in [0.25, 0.3) is 5.91 Å². The number of rotatable bonds is 9. The van der Waals surface area contributed by atoms with Crippen LogP contribution in [0.4, 0.5) is 5.69 Å². The summed E-state index contributed by atoms with van der Waals surface area (Å²) in [6.45, 7) is -0.179. The molecule has 10 heteroatoms. The fraction of sp³-hybridized carbons (Fsp3) is 0.238. The Morgan fingerprint density at radius 2 is 1.84 bits per heavy atom. The van der Waals surface area contributed by atoms with E-state index in [2.05, 4.69) is 5.32 Å². The lowest BCUT2D eigenvalue weighted by atomic mass is 10.2. The van der Waals surface area contributed by atoms with E-state index in [0.717, 1.165) is 11.8 Å². The molecule has 0 atom stereocenters. The number of thioether (sulfide) groups is 1. The molecule has 2 aromatic carbocycles. The molecule has 0 saturated carbocycles. The highest BCUT2D eigenvalue weighted by Crippen LogP contribution is 2.25. The van der Waals surface area contributed by atoms with Crippen molar-refractivity contribution in [3.63, 3.8) is 0 Å². The number of halogens is 2. The van der Waals surface area contributed by atoms with Crippen molar-refractivity contribution in [3.05, 3.63) is 58.1 Å². The first-order valence-corrected chi connectivity index (χ1v) is 10.8. The minimum absolute atomic E-state index is 0.0320. The Morgan fingerprint density at radius 1 is 1.16 bits per heavy atom. The molecule has 0 radical (unpaired) electrons. The van der Waals surface area contributed by atoms with Gasteiger partial charge in [0.15, 0.2) is 6.61 Å². The van der Waals surface area contributed by atoms with Gasteiger partial charge in [-0.25, -0.2) is 4.79 Å². The maximum absolute atomic E-state index is 12.4. The summed E-state index contributed by atoms with van der Waals surface area (Å²) < 4.78 is 5.10. The van der Waals surface area contributed by atoms with Crippen molar-refractivity contribution in [2.24, 2.45) is 0 Å². The van der Waals surface area contributed by atoms with Gasteiger partial charge in [-0.2, -0.15) is 5.26 Å². The first kappa shape index (κ1) is 24.5. The lowest BCUT2D eigenvalue weighted by Gasteiger charge is -2.15. The average molecular weight is 480 g/mol. The van der Waals surface area contributed by atoms with Crippen LogP contribution in [0, 0.1) is 11.3 Å². The number of nitriles is 1. The van der Waals surface area contributed by atoms with Crippen LogP contribution in [-0.2, 0) is 14.3 Å². The molecule has 0 spiro atoms. The van der Waals surface area contributed by atoms with Crippen molar-refractivity contribution in [2.45, 2.75) is 11.3 Å². The van der Waals surface area contributed by atoms with Gasteiger partial charge in [-0.05, 0) is 30.3 Å². The van der Waals surface area contributed by atoms with Crippen LogP contribution in [0.2, 0.25) is 10.0 Å². The van der Waals surface area contributed by atoms with Gasteiger partial charge in [-0.1, -0.05) is 35.3 Å². The summed E-state index contributed by atoms with van der Waals surface area (Å²) in [6.07, 6.45) is 0.194. The summed E-state index contributed by atoms with van der Waals surface area (Å²) in [4.78, 5) is 38.5. The number of nitrogens with one attached hydrogen (secondary N) is 1. The van der Waals surface area contributed by atoms with Gasteiger partial charge >= 0.3 is 5.97 Å². The fourth-order valence-corrected chi connectivity index (χ4v) is 3.75. The van der Waals surface area contributed by atoms with E-state index >= 15 is 0 Å². The Balaban J connectivity index is 1.93. The number of hydrogen-bond acceptors (Lipinski definition) is 6. The number of benzene rings is 2. The van der Waals surface area contributed by atoms with Crippen molar-refractivity contribution in [3.8, 4) is 6.07 Å². The van der Waals surface area contributed by atoms with Gasteiger partial charge in [0.1, 0.15) is 0 Å². The van der Waals surface area contributed by atoms with Crippen LogP contribution in [0.15, 0.2) is 47.4 Å². The number of ether oxygens (including phenoxy) is 1. The molecule has 1 N–H and O–H groups in total. The highest BCUT2D eigenvalue weighted by atomic mass is 35.5. The van der Waals surface area contributed by atoms with E-state index < -0.39 is 18.5 Å². The molecule has 0 aliphatic rings. The van der Waals surface area contributed by atoms with Crippen LogP contribution in [0.25, 0.3) is 0 Å². The van der Waals surface area contributed by atoms with Crippen LogP contribution in [0.5, 0.6) is 0 Å². The van der Waals surface area contributed by atoms with Crippen molar-refractivity contribution in [1.29, 1.82) is 5.26 Å². The van der Waals surface area contributed by atoms with Crippen LogP contribution in [0.3, 0.4) is 0 Å². The summed E-state index contributed by atoms with van der Waals surface area (Å²) in [7, 11) is 1.53. The predicted molar refractivity (Wildman–Crippen MR) is 120 cm³/mol. The highest BCUT2D eigenvalue weighted by Gasteiger charge is 2.17. The van der Waals surface area contributed by atoms with E-state index in [4.69, 9.17) is 33.2 Å². The molecule has 7 nitrogen and oxygen atoms in total. The SMILES string of the molecule is CN(CCC#N)C(=O)COC(=O)c1ccccc1SCC(=O)Nc1cc(Cl)cc(Cl)c1. The molecule has 0 heterocycles. The Labute approximate surface area is 194 Å². The third kappa shape index (κ3) is 8.13. The number of likely N-dealkylation sites (N-methyl/N-ethyl adjacent to an activating group) is 1. The number of hydrogen-bond donors (Lipinski definition) is 1. The van der Waals surface area contributed by atoms with E-state index in [0.29, 0.717) is 20.6 Å². The first-order chi connectivity index (χ1) is 14.8. The molecule has 31 heavy (non-hydrogen) atoms. The Kier molecular flexibility index (Phi) is 9.66. The van der Waals surface area contributed by atoms with Gasteiger partial charge in [-0.15, -0.1) is 11.8 Å². The minimum atomic E-state index is -0.674. The van der Waals surface area contributed by atoms with Crippen molar-refractivity contribution < 1.29 is 19.1 Å². The van der Waals surface area contributed by atoms with E-state index in [1.54, 1.807) is 42.5 Å². The zero-order valence-electron chi connectivity index (χ0n) is 16.6. The Bertz CT molecular complexity index is 990. The number of carbonyl (C=O) groups excluding carboxylic acids is 3. The lowest BCUT2D eigenvalue weighted by Crippen LogP contribution is -2.32. The molecule has 0 aliphatic carbocycles. The molecule has 0 fully saturated rings. The molecular weight excluding hydrogens is 461 g/mol. The second-order valence-electron chi connectivity index (χ2n) is 6.29. The minimum Gasteiger partial charge on any atom is -0.452 e. The number of nitrogens with zero attached hydrogens (tertiary/aromatic N) is 2. The van der Waals surface area contributed by atoms with Crippen LogP contribution in [0.1, 0.15) is 16.8 Å². The summed E-state index contributed by atoms with van der Waals surface area (Å²) in [5, 5.41) is 12.1. The maximum Gasteiger partial charge on any atom is 0.339 e. The molecule has 162 valence electrons. The van der Waals surface area contributed by atoms with Crippen molar-refractivity contribution >= 4 is 58.4 Å². The van der Waals surface area contributed by atoms with Crippen LogP contribution < -0.4 is 5.32 Å². The zero-order chi connectivity index (χ0) is 22.8. The second-order valence-corrected chi connectivity index (χ2v) is 8.18. The first-order valence-electron chi connectivity index (χ1n) is 9.06. The summed E-state index contributed by atoms with van der Waals surface area (Å²) >= 11 is 13.0.